The van der Waals surface area contributed by atoms with Crippen molar-refractivity contribution >= 4 is 17.9 Å². The third kappa shape index (κ3) is 66.1. The van der Waals surface area contributed by atoms with Gasteiger partial charge in [0.1, 0.15) is 13.2 Å². The van der Waals surface area contributed by atoms with Crippen LogP contribution >= 0.6 is 0 Å². The molecular weight excluding hydrogens is 973 g/mol. The van der Waals surface area contributed by atoms with E-state index >= 15 is 0 Å². The van der Waals surface area contributed by atoms with Crippen LogP contribution in [-0.4, -0.2) is 37.2 Å². The van der Waals surface area contributed by atoms with Crippen LogP contribution in [0.2, 0.25) is 0 Å². The normalized spacial score (nSPS) is 12.3. The van der Waals surface area contributed by atoms with Gasteiger partial charge in [-0.1, -0.05) is 365 Å². The smallest absolute Gasteiger partial charge is 0.306 e. The number of carbonyl (C=O) groups excluding carboxylic acids is 3. The lowest BCUT2D eigenvalue weighted by Gasteiger charge is -2.18. The summed E-state index contributed by atoms with van der Waals surface area (Å²) in [5.41, 5.74) is 0. The Morgan fingerprint density at radius 2 is 0.494 bits per heavy atom. The third-order valence-corrected chi connectivity index (χ3v) is 15.9. The topological polar surface area (TPSA) is 78.9 Å². The van der Waals surface area contributed by atoms with Crippen LogP contribution in [0.15, 0.2) is 48.6 Å². The molecule has 0 aromatic heterocycles. The van der Waals surface area contributed by atoms with Crippen molar-refractivity contribution in [1.29, 1.82) is 0 Å². The molecule has 0 amide bonds. The maximum atomic E-state index is 12.9. The van der Waals surface area contributed by atoms with Crippen molar-refractivity contribution in [2.45, 2.75) is 386 Å². The minimum atomic E-state index is -0.799. The van der Waals surface area contributed by atoms with Gasteiger partial charge in [0.2, 0.25) is 0 Å². The van der Waals surface area contributed by atoms with Crippen LogP contribution in [0, 0.1) is 0 Å². The van der Waals surface area contributed by atoms with Gasteiger partial charge >= 0.3 is 17.9 Å². The Labute approximate surface area is 492 Å². The summed E-state index contributed by atoms with van der Waals surface area (Å²) in [5.74, 6) is -0.952. The molecule has 0 aliphatic carbocycles. The molecular formula is C73H134O6. The van der Waals surface area contributed by atoms with Crippen molar-refractivity contribution < 1.29 is 28.6 Å². The third-order valence-electron chi connectivity index (χ3n) is 15.9. The van der Waals surface area contributed by atoms with Crippen molar-refractivity contribution in [3.05, 3.63) is 48.6 Å². The molecule has 6 heteroatoms. The van der Waals surface area contributed by atoms with E-state index in [2.05, 4.69) is 63.3 Å². The number of carbonyl (C=O) groups is 3. The Balaban J connectivity index is 4.09. The number of hydrogen-bond acceptors (Lipinski definition) is 6. The molecule has 0 spiro atoms. The first-order valence-corrected chi connectivity index (χ1v) is 35.1. The maximum absolute atomic E-state index is 12.9. The summed E-state index contributed by atoms with van der Waals surface area (Å²) >= 11 is 0. The van der Waals surface area contributed by atoms with Crippen molar-refractivity contribution in [3.63, 3.8) is 0 Å². The second-order valence-electron chi connectivity index (χ2n) is 23.8. The van der Waals surface area contributed by atoms with Crippen LogP contribution < -0.4 is 0 Å². The molecule has 6 nitrogen and oxygen atoms in total. The van der Waals surface area contributed by atoms with E-state index in [1.807, 2.05) is 6.08 Å². The van der Waals surface area contributed by atoms with Crippen LogP contribution in [0.1, 0.15) is 380 Å². The highest BCUT2D eigenvalue weighted by Gasteiger charge is 2.19. The molecule has 0 aromatic carbocycles. The standard InChI is InChI=1S/C73H134O6/c1-4-7-10-13-16-19-22-25-27-28-29-30-31-32-33-34-35-36-37-38-39-40-41-42-43-44-46-48-51-54-57-60-63-66-72(75)78-69-70(68-77-71(74)65-62-59-56-53-50-47-24-21-18-15-12-9-6-3)79-73(76)67-64-61-58-55-52-49-45-26-23-20-17-14-11-8-5-2/h9,12,18,21,47,50,56,59,70H,4-8,10-11,13-17,19-20,22-46,48-49,51-55,57-58,60-69H2,1-3H3/b12-9-,21-18-,50-47-,59-56-. The van der Waals surface area contributed by atoms with Crippen molar-refractivity contribution in [3.8, 4) is 0 Å². The molecule has 0 bridgehead atoms. The van der Waals surface area contributed by atoms with Crippen LogP contribution in [0.4, 0.5) is 0 Å². The first kappa shape index (κ1) is 76.4. The molecule has 1 unspecified atom stereocenters. The Kier molecular flexibility index (Phi) is 65.6. The molecule has 0 radical (unpaired) electrons. The maximum Gasteiger partial charge on any atom is 0.306 e. The number of esters is 3. The average molecular weight is 1110 g/mol. The average Bonchev–Trinajstić information content (AvgIpc) is 3.45. The monoisotopic (exact) mass is 1110 g/mol. The first-order chi connectivity index (χ1) is 39.0. The van der Waals surface area contributed by atoms with Gasteiger partial charge in [0.25, 0.3) is 0 Å². The van der Waals surface area contributed by atoms with Gasteiger partial charge in [0.05, 0.1) is 0 Å². The number of hydrogen-bond donors (Lipinski definition) is 0. The molecule has 0 fully saturated rings. The van der Waals surface area contributed by atoms with Gasteiger partial charge < -0.3 is 14.2 Å². The summed E-state index contributed by atoms with van der Waals surface area (Å²) in [6.07, 6.45) is 86.2. The number of ether oxygens (including phenoxy) is 3. The zero-order chi connectivity index (χ0) is 57.1. The minimum Gasteiger partial charge on any atom is -0.462 e. The van der Waals surface area contributed by atoms with Crippen LogP contribution in [0.25, 0.3) is 0 Å². The molecule has 1 atom stereocenters. The van der Waals surface area contributed by atoms with E-state index in [9.17, 15) is 14.4 Å². The summed E-state index contributed by atoms with van der Waals surface area (Å²) in [5, 5.41) is 0. The Morgan fingerprint density at radius 3 is 0.772 bits per heavy atom. The molecule has 0 heterocycles. The fourth-order valence-corrected chi connectivity index (χ4v) is 10.6. The number of rotatable bonds is 65. The minimum absolute atomic E-state index is 0.0901. The number of allylic oxidation sites excluding steroid dienone is 8. The predicted octanol–water partition coefficient (Wildman–Crippen LogP) is 24.1. The molecule has 0 N–H and O–H groups in total. The van der Waals surface area contributed by atoms with Crippen LogP contribution in [-0.2, 0) is 28.6 Å². The SMILES string of the molecule is CC/C=C\C/C=C\C/C=C\C/C=C\CCC(=O)OCC(COC(=O)CCCCCCCCCCCCCCCCCCCCCCCCCCCCCCCCCCC)OC(=O)CCCCCCCCCCCCCCCCC. The van der Waals surface area contributed by atoms with E-state index in [1.165, 1.54) is 270 Å². The summed E-state index contributed by atoms with van der Waals surface area (Å²) in [7, 11) is 0. The quantitative estimate of drug-likeness (QED) is 0.0261. The summed E-state index contributed by atoms with van der Waals surface area (Å²) < 4.78 is 16.9. The summed E-state index contributed by atoms with van der Waals surface area (Å²) in [6.45, 7) is 6.52. The van der Waals surface area contributed by atoms with Gasteiger partial charge in [-0.05, 0) is 44.9 Å². The summed E-state index contributed by atoms with van der Waals surface area (Å²) in [4.78, 5) is 38.2. The Bertz CT molecular complexity index is 1360. The lowest BCUT2D eigenvalue weighted by molar-refractivity contribution is -0.166. The van der Waals surface area contributed by atoms with E-state index in [4.69, 9.17) is 14.2 Å². The van der Waals surface area contributed by atoms with Crippen LogP contribution in [0.5, 0.6) is 0 Å². The Morgan fingerprint density at radius 1 is 0.266 bits per heavy atom. The fourth-order valence-electron chi connectivity index (χ4n) is 10.6. The molecule has 0 aliphatic rings. The van der Waals surface area contributed by atoms with Gasteiger partial charge in [-0.15, -0.1) is 0 Å². The second kappa shape index (κ2) is 67.9. The van der Waals surface area contributed by atoms with E-state index in [0.717, 1.165) is 64.2 Å². The van der Waals surface area contributed by atoms with Crippen molar-refractivity contribution in [2.75, 3.05) is 13.2 Å². The van der Waals surface area contributed by atoms with E-state index in [-0.39, 0.29) is 37.5 Å². The largest absolute Gasteiger partial charge is 0.462 e. The highest BCUT2D eigenvalue weighted by atomic mass is 16.6. The highest BCUT2D eigenvalue weighted by Crippen LogP contribution is 2.19. The molecule has 0 rings (SSSR count). The molecule has 0 saturated carbocycles. The molecule has 0 saturated heterocycles. The van der Waals surface area contributed by atoms with Gasteiger partial charge in [-0.2, -0.15) is 0 Å². The predicted molar refractivity (Wildman–Crippen MR) is 344 cm³/mol. The zero-order valence-electron chi connectivity index (χ0n) is 53.2. The van der Waals surface area contributed by atoms with Gasteiger partial charge in [0.15, 0.2) is 6.10 Å². The number of unbranched alkanes of at least 4 members (excludes halogenated alkanes) is 46. The van der Waals surface area contributed by atoms with Gasteiger partial charge in [0, 0.05) is 19.3 Å². The lowest BCUT2D eigenvalue weighted by atomic mass is 10.0. The first-order valence-electron chi connectivity index (χ1n) is 35.1. The zero-order valence-corrected chi connectivity index (χ0v) is 53.2. The lowest BCUT2D eigenvalue weighted by Crippen LogP contribution is -2.30. The fraction of sp³-hybridized carbons (Fsp3) is 0.849. The molecule has 462 valence electrons. The van der Waals surface area contributed by atoms with E-state index < -0.39 is 6.10 Å². The molecule has 0 aromatic rings. The van der Waals surface area contributed by atoms with E-state index in [1.54, 1.807) is 0 Å². The summed E-state index contributed by atoms with van der Waals surface area (Å²) in [6, 6.07) is 0. The van der Waals surface area contributed by atoms with Crippen molar-refractivity contribution in [1.82, 2.24) is 0 Å². The van der Waals surface area contributed by atoms with Crippen LogP contribution in [0.3, 0.4) is 0 Å². The molecule has 0 aliphatic heterocycles. The Hall–Kier alpha value is -2.63. The highest BCUT2D eigenvalue weighted by molar-refractivity contribution is 5.71. The van der Waals surface area contributed by atoms with Gasteiger partial charge in [-0.25, -0.2) is 0 Å². The van der Waals surface area contributed by atoms with Gasteiger partial charge in [-0.3, -0.25) is 14.4 Å². The molecule has 79 heavy (non-hydrogen) atoms. The second-order valence-corrected chi connectivity index (χ2v) is 23.8. The van der Waals surface area contributed by atoms with E-state index in [0.29, 0.717) is 19.3 Å². The van der Waals surface area contributed by atoms with Crippen molar-refractivity contribution in [2.24, 2.45) is 0 Å².